The number of hydrogen-bond donors (Lipinski definition) is 2. The second-order valence-electron chi connectivity index (χ2n) is 13.4. The SMILES string of the molecule is FCCOc1ccc(-c2cc3ccc(Cl)nc3s2)cc1.FCCOc1ccc(-c2cc3ccc(Nc4ccc5c(c4)OCCO5)nc3s2)cc1.Nc1ccc2c(c1)OCCO2. The molecule has 2 aliphatic rings. The van der Waals surface area contributed by atoms with E-state index in [9.17, 15) is 8.78 Å². The van der Waals surface area contributed by atoms with E-state index in [1.165, 1.54) is 0 Å². The van der Waals surface area contributed by atoms with Crippen molar-refractivity contribution < 1.29 is 37.2 Å². The summed E-state index contributed by atoms with van der Waals surface area (Å²) in [6, 6.07) is 38.4. The van der Waals surface area contributed by atoms with Crippen LogP contribution in [-0.4, -0.2) is 63.0 Å². The first-order valence-electron chi connectivity index (χ1n) is 19.3. The van der Waals surface area contributed by atoms with E-state index in [4.69, 9.17) is 50.7 Å². The fourth-order valence-electron chi connectivity index (χ4n) is 6.24. The Hall–Kier alpha value is -6.35. The Balaban J connectivity index is 0.000000142. The number of nitrogens with zero attached hydrogens (tertiary/aromatic N) is 2. The third kappa shape index (κ3) is 10.7. The van der Waals surface area contributed by atoms with Gasteiger partial charge in [0.25, 0.3) is 0 Å². The Bertz CT molecular complexity index is 2720. The van der Waals surface area contributed by atoms with Crippen molar-refractivity contribution in [2.75, 3.05) is 64.0 Å². The third-order valence-electron chi connectivity index (χ3n) is 9.08. The molecule has 0 spiro atoms. The molecule has 4 aromatic heterocycles. The van der Waals surface area contributed by atoms with Gasteiger partial charge in [0, 0.05) is 44.0 Å². The van der Waals surface area contributed by atoms with Gasteiger partial charge < -0.3 is 39.5 Å². The summed E-state index contributed by atoms with van der Waals surface area (Å²) in [5, 5.41) is 6.00. The Morgan fingerprint density at radius 1 is 0.574 bits per heavy atom. The molecule has 0 saturated carbocycles. The number of pyridine rings is 2. The third-order valence-corrected chi connectivity index (χ3v) is 11.5. The number of nitrogens with one attached hydrogen (secondary N) is 1. The lowest BCUT2D eigenvalue weighted by Gasteiger charge is -2.19. The van der Waals surface area contributed by atoms with Crippen LogP contribution in [0.2, 0.25) is 5.15 Å². The Morgan fingerprint density at radius 3 is 1.66 bits per heavy atom. The molecule has 61 heavy (non-hydrogen) atoms. The first-order valence-corrected chi connectivity index (χ1v) is 21.3. The number of halogens is 3. The molecule has 10 rings (SSSR count). The van der Waals surface area contributed by atoms with Crippen LogP contribution in [0.4, 0.5) is 26.0 Å². The summed E-state index contributed by atoms with van der Waals surface area (Å²) in [4.78, 5) is 13.2. The lowest BCUT2D eigenvalue weighted by Crippen LogP contribution is -2.15. The highest BCUT2D eigenvalue weighted by molar-refractivity contribution is 7.22. The second-order valence-corrected chi connectivity index (χ2v) is 15.8. The van der Waals surface area contributed by atoms with E-state index in [-0.39, 0.29) is 13.2 Å². The topological polar surface area (TPSA) is 119 Å². The average molecular weight is 881 g/mol. The van der Waals surface area contributed by atoms with Crippen molar-refractivity contribution in [2.45, 2.75) is 0 Å². The van der Waals surface area contributed by atoms with Crippen LogP contribution in [0, 0.1) is 0 Å². The quantitative estimate of drug-likeness (QED) is 0.101. The number of thiophene rings is 2. The molecule has 0 amide bonds. The molecule has 15 heteroatoms. The molecule has 0 saturated heterocycles. The van der Waals surface area contributed by atoms with Gasteiger partial charge in [-0.05, 0) is 120 Å². The van der Waals surface area contributed by atoms with Crippen LogP contribution in [0.5, 0.6) is 34.5 Å². The summed E-state index contributed by atoms with van der Waals surface area (Å²) in [5.74, 6) is 5.14. The fraction of sp³-hybridized carbons (Fsp3) is 0.174. The van der Waals surface area contributed by atoms with Crippen LogP contribution in [0.1, 0.15) is 0 Å². The highest BCUT2D eigenvalue weighted by Gasteiger charge is 2.14. The average Bonchev–Trinajstić information content (AvgIpc) is 3.93. The predicted octanol–water partition coefficient (Wildman–Crippen LogP) is 11.8. The van der Waals surface area contributed by atoms with Crippen molar-refractivity contribution in [3.63, 3.8) is 0 Å². The number of anilines is 3. The highest BCUT2D eigenvalue weighted by Crippen LogP contribution is 2.37. The maximum Gasteiger partial charge on any atom is 0.163 e. The summed E-state index contributed by atoms with van der Waals surface area (Å²) in [7, 11) is 0. The summed E-state index contributed by atoms with van der Waals surface area (Å²) in [6.07, 6.45) is 0. The molecule has 8 aromatic rings. The first kappa shape index (κ1) is 41.4. The Kier molecular flexibility index (Phi) is 13.4. The van der Waals surface area contributed by atoms with Crippen LogP contribution in [0.25, 0.3) is 41.3 Å². The van der Waals surface area contributed by atoms with Gasteiger partial charge in [-0.3, -0.25) is 0 Å². The molecule has 3 N–H and O–H groups in total. The minimum Gasteiger partial charge on any atom is -0.491 e. The Morgan fingerprint density at radius 2 is 1.08 bits per heavy atom. The number of benzene rings is 4. The molecule has 0 aliphatic carbocycles. The molecule has 10 nitrogen and oxygen atoms in total. The maximum absolute atomic E-state index is 12.2. The van der Waals surface area contributed by atoms with Gasteiger partial charge in [0.1, 0.15) is 85.1 Å². The maximum atomic E-state index is 12.2. The van der Waals surface area contributed by atoms with Crippen LogP contribution in [0.15, 0.2) is 121 Å². The van der Waals surface area contributed by atoms with Crippen molar-refractivity contribution >= 4 is 71.9 Å². The smallest absolute Gasteiger partial charge is 0.163 e. The molecular formula is C46H39ClF2N4O6S2. The molecule has 0 unspecified atom stereocenters. The van der Waals surface area contributed by atoms with Gasteiger partial charge in [-0.2, -0.15) is 0 Å². The molecule has 4 aromatic carbocycles. The predicted molar refractivity (Wildman–Crippen MR) is 241 cm³/mol. The van der Waals surface area contributed by atoms with Gasteiger partial charge in [-0.25, -0.2) is 18.7 Å². The number of alkyl halides is 2. The Labute approximate surface area is 363 Å². The summed E-state index contributed by atoms with van der Waals surface area (Å²) >= 11 is 9.11. The second kappa shape index (κ2) is 19.8. The van der Waals surface area contributed by atoms with Crippen LogP contribution in [0.3, 0.4) is 0 Å². The van der Waals surface area contributed by atoms with Gasteiger partial charge in [-0.1, -0.05) is 11.6 Å². The van der Waals surface area contributed by atoms with Crippen molar-refractivity contribution in [1.82, 2.24) is 9.97 Å². The zero-order chi connectivity index (χ0) is 42.0. The lowest BCUT2D eigenvalue weighted by molar-refractivity contribution is 0.171. The zero-order valence-corrected chi connectivity index (χ0v) is 35.0. The fourth-order valence-corrected chi connectivity index (χ4v) is 8.51. The monoisotopic (exact) mass is 880 g/mol. The molecule has 0 atom stereocenters. The highest BCUT2D eigenvalue weighted by atomic mass is 35.5. The summed E-state index contributed by atoms with van der Waals surface area (Å²) < 4.78 is 56.6. The molecule has 0 bridgehead atoms. The van der Waals surface area contributed by atoms with E-state index in [1.54, 1.807) is 40.9 Å². The summed E-state index contributed by atoms with van der Waals surface area (Å²) in [6.45, 7) is 1.55. The van der Waals surface area contributed by atoms with Gasteiger partial charge in [0.15, 0.2) is 23.0 Å². The molecule has 0 fully saturated rings. The number of ether oxygens (including phenoxy) is 6. The number of nitrogens with two attached hydrogens (primary N) is 1. The van der Waals surface area contributed by atoms with E-state index < -0.39 is 13.3 Å². The molecular weight excluding hydrogens is 842 g/mol. The van der Waals surface area contributed by atoms with Crippen LogP contribution < -0.4 is 39.5 Å². The largest absolute Gasteiger partial charge is 0.491 e. The van der Waals surface area contributed by atoms with Crippen molar-refractivity contribution in [1.29, 1.82) is 0 Å². The number of aromatic nitrogens is 2. The van der Waals surface area contributed by atoms with Gasteiger partial charge in [-0.15, -0.1) is 22.7 Å². The van der Waals surface area contributed by atoms with E-state index in [0.717, 1.165) is 75.8 Å². The minimum atomic E-state index is -0.494. The first-order chi connectivity index (χ1) is 29.9. The van der Waals surface area contributed by atoms with Gasteiger partial charge >= 0.3 is 0 Å². The van der Waals surface area contributed by atoms with Gasteiger partial charge in [0.2, 0.25) is 0 Å². The van der Waals surface area contributed by atoms with E-state index in [0.29, 0.717) is 48.8 Å². The van der Waals surface area contributed by atoms with Crippen LogP contribution in [-0.2, 0) is 0 Å². The summed E-state index contributed by atoms with van der Waals surface area (Å²) in [5.41, 5.74) is 9.30. The molecule has 312 valence electrons. The minimum absolute atomic E-state index is 0.0747. The number of fused-ring (bicyclic) bond motifs is 4. The molecule has 6 heterocycles. The van der Waals surface area contributed by atoms with Crippen molar-refractivity contribution in [3.8, 4) is 55.4 Å². The van der Waals surface area contributed by atoms with E-state index in [1.807, 2.05) is 84.9 Å². The van der Waals surface area contributed by atoms with Gasteiger partial charge in [0.05, 0.1) is 0 Å². The normalized spacial score (nSPS) is 12.4. The van der Waals surface area contributed by atoms with Crippen LogP contribution >= 0.6 is 34.3 Å². The number of rotatable bonds is 10. The number of hydrogen-bond acceptors (Lipinski definition) is 12. The number of nitrogen functional groups attached to an aromatic ring is 1. The van der Waals surface area contributed by atoms with Crippen molar-refractivity contribution in [3.05, 3.63) is 126 Å². The molecule has 2 aliphatic heterocycles. The zero-order valence-electron chi connectivity index (χ0n) is 32.6. The lowest BCUT2D eigenvalue weighted by atomic mass is 10.1. The van der Waals surface area contributed by atoms with Crippen molar-refractivity contribution in [2.24, 2.45) is 0 Å². The molecule has 0 radical (unpaired) electrons. The standard InChI is InChI=1S/C23H19FN2O3S.C15H11ClFNOS.C8H9NO2/c24-9-10-27-18-5-1-15(2-6-18)21-13-16-3-8-22(26-23(16)30-21)25-17-4-7-19-20(14-17)29-12-11-28-19;16-14-6-3-11-9-13(20-15(11)18-14)10-1-4-12(5-2-10)19-8-7-17;9-6-1-2-7-8(5-6)11-4-3-10-7/h1-8,13-14H,9-12H2,(H,25,26);1-6,9H,7-8H2;1-2,5H,3-4,9H2. The van der Waals surface area contributed by atoms with E-state index in [2.05, 4.69) is 28.5 Å². The van der Waals surface area contributed by atoms with E-state index >= 15 is 0 Å².